The largest absolute Gasteiger partial charge is 0.496 e. The average Bonchev–Trinajstić information content (AvgIpc) is 3.12. The van der Waals surface area contributed by atoms with Crippen LogP contribution in [0.5, 0.6) is 5.75 Å². The van der Waals surface area contributed by atoms with E-state index < -0.39 is 0 Å². The van der Waals surface area contributed by atoms with E-state index in [4.69, 9.17) is 9.47 Å². The Bertz CT molecular complexity index is 1060. The molecule has 1 unspecified atom stereocenters. The van der Waals surface area contributed by atoms with Crippen molar-refractivity contribution in [1.82, 2.24) is 4.57 Å². The van der Waals surface area contributed by atoms with Crippen LogP contribution in [0.15, 0.2) is 42.5 Å². The molecule has 1 atom stereocenters. The molecule has 1 aliphatic heterocycles. The Kier molecular flexibility index (Phi) is 2.59. The summed E-state index contributed by atoms with van der Waals surface area (Å²) in [7, 11) is 3.34. The first kappa shape index (κ1) is 13.6. The van der Waals surface area contributed by atoms with Gasteiger partial charge in [-0.2, -0.15) is 0 Å². The number of benzene rings is 2. The highest BCUT2D eigenvalue weighted by Crippen LogP contribution is 2.51. The van der Waals surface area contributed by atoms with Gasteiger partial charge in [0.15, 0.2) is 12.0 Å². The number of fused-ring (bicyclic) bond motifs is 5. The number of carbonyl (C=O) groups excluding carboxylic acids is 1. The van der Waals surface area contributed by atoms with Crippen LogP contribution in [0.4, 0.5) is 0 Å². The number of hydrogen-bond donors (Lipinski definition) is 0. The Morgan fingerprint density at radius 3 is 2.67 bits per heavy atom. The van der Waals surface area contributed by atoms with Gasteiger partial charge in [0.25, 0.3) is 0 Å². The van der Waals surface area contributed by atoms with Gasteiger partial charge in [0.05, 0.1) is 29.4 Å². The van der Waals surface area contributed by atoms with Gasteiger partial charge < -0.3 is 14.0 Å². The third-order valence-electron chi connectivity index (χ3n) is 4.97. The van der Waals surface area contributed by atoms with E-state index in [-0.39, 0.29) is 12.0 Å². The second-order valence-corrected chi connectivity index (χ2v) is 6.04. The zero-order chi connectivity index (χ0) is 16.4. The molecule has 0 radical (unpaired) electrons. The van der Waals surface area contributed by atoms with Crippen LogP contribution < -0.4 is 4.74 Å². The summed E-state index contributed by atoms with van der Waals surface area (Å²) in [4.78, 5) is 12.7. The van der Waals surface area contributed by atoms with Gasteiger partial charge >= 0.3 is 0 Å². The molecule has 0 N–H and O–H groups in total. The Morgan fingerprint density at radius 2 is 1.88 bits per heavy atom. The van der Waals surface area contributed by atoms with Crippen LogP contribution in [0, 0.1) is 0 Å². The lowest BCUT2D eigenvalue weighted by atomic mass is 9.93. The second kappa shape index (κ2) is 4.58. The minimum absolute atomic E-state index is 0.0398. The van der Waals surface area contributed by atoms with Crippen molar-refractivity contribution in [2.24, 2.45) is 0 Å². The summed E-state index contributed by atoms with van der Waals surface area (Å²) in [5.41, 5.74) is 5.75. The average molecular weight is 317 g/mol. The fraction of sp³-hybridized carbons (Fsp3) is 0.150. The number of aromatic nitrogens is 1. The number of nitrogens with zero attached hydrogens (tertiary/aromatic N) is 1. The molecule has 24 heavy (non-hydrogen) atoms. The third kappa shape index (κ3) is 1.44. The van der Waals surface area contributed by atoms with E-state index in [1.807, 2.05) is 42.5 Å². The molecule has 3 aromatic rings. The van der Waals surface area contributed by atoms with Gasteiger partial charge in [-0.15, -0.1) is 0 Å². The molecule has 0 spiro atoms. The number of rotatable bonds is 2. The molecule has 2 aliphatic rings. The molecule has 0 saturated carbocycles. The molecule has 0 bridgehead atoms. The topological polar surface area (TPSA) is 40.5 Å². The van der Waals surface area contributed by atoms with Gasteiger partial charge in [-0.25, -0.2) is 0 Å². The molecule has 5 rings (SSSR count). The lowest BCUT2D eigenvalue weighted by molar-refractivity contribution is 0.0864. The van der Waals surface area contributed by atoms with Gasteiger partial charge in [-0.05, 0) is 23.8 Å². The SMILES string of the molecule is COc1cccc2c1C(OC)n1c-2c2c3c(cccc31)C=CC2=O. The van der Waals surface area contributed by atoms with Crippen molar-refractivity contribution in [3.63, 3.8) is 0 Å². The number of hydrogen-bond acceptors (Lipinski definition) is 3. The highest BCUT2D eigenvalue weighted by Gasteiger charge is 2.38. The van der Waals surface area contributed by atoms with E-state index in [0.29, 0.717) is 0 Å². The first-order valence-electron chi connectivity index (χ1n) is 7.85. The van der Waals surface area contributed by atoms with Crippen LogP contribution in [-0.4, -0.2) is 24.6 Å². The molecule has 4 heteroatoms. The van der Waals surface area contributed by atoms with E-state index in [0.717, 1.165) is 44.6 Å². The van der Waals surface area contributed by atoms with E-state index in [2.05, 4.69) is 4.57 Å². The first-order chi connectivity index (χ1) is 11.8. The monoisotopic (exact) mass is 317 g/mol. The number of allylic oxidation sites excluding steroid dienone is 1. The predicted octanol–water partition coefficient (Wildman–Crippen LogP) is 4.03. The summed E-state index contributed by atoms with van der Waals surface area (Å²) in [5.74, 6) is 0.816. The minimum Gasteiger partial charge on any atom is -0.496 e. The van der Waals surface area contributed by atoms with Gasteiger partial charge in [0, 0.05) is 18.1 Å². The van der Waals surface area contributed by atoms with Crippen molar-refractivity contribution in [3.8, 4) is 17.0 Å². The summed E-state index contributed by atoms with van der Waals surface area (Å²) in [6.07, 6.45) is 3.24. The highest BCUT2D eigenvalue weighted by atomic mass is 16.5. The van der Waals surface area contributed by atoms with Crippen LogP contribution >= 0.6 is 0 Å². The summed E-state index contributed by atoms with van der Waals surface area (Å²) in [6.45, 7) is 0. The Balaban J connectivity index is 1.99. The van der Waals surface area contributed by atoms with Crippen molar-refractivity contribution in [2.75, 3.05) is 14.2 Å². The Morgan fingerprint density at radius 1 is 1.04 bits per heavy atom. The van der Waals surface area contributed by atoms with Crippen molar-refractivity contribution in [3.05, 3.63) is 59.2 Å². The zero-order valence-electron chi connectivity index (χ0n) is 13.4. The fourth-order valence-electron chi connectivity index (χ4n) is 4.06. The molecule has 4 nitrogen and oxygen atoms in total. The van der Waals surface area contributed by atoms with Gasteiger partial charge in [0.1, 0.15) is 5.75 Å². The summed E-state index contributed by atoms with van der Waals surface area (Å²) in [6, 6.07) is 12.0. The number of ketones is 1. The van der Waals surface area contributed by atoms with Crippen molar-refractivity contribution in [1.29, 1.82) is 0 Å². The quantitative estimate of drug-likeness (QED) is 0.716. The zero-order valence-corrected chi connectivity index (χ0v) is 13.4. The van der Waals surface area contributed by atoms with Crippen LogP contribution in [0.2, 0.25) is 0 Å². The Hall–Kier alpha value is -2.85. The number of ether oxygens (including phenoxy) is 2. The molecule has 0 fully saturated rings. The lowest BCUT2D eigenvalue weighted by Crippen LogP contribution is -2.08. The molecule has 2 aromatic carbocycles. The standard InChI is InChI=1S/C20H15NO3/c1-23-15-8-4-6-12-17(15)20(24-2)21-13-7-3-5-11-9-10-14(22)18(16(11)13)19(12)21/h3-10,20H,1-2H3. The molecular weight excluding hydrogens is 302 g/mol. The van der Waals surface area contributed by atoms with Crippen LogP contribution in [0.25, 0.3) is 28.2 Å². The molecule has 1 aromatic heterocycles. The first-order valence-corrected chi connectivity index (χ1v) is 7.85. The fourth-order valence-corrected chi connectivity index (χ4v) is 4.06. The van der Waals surface area contributed by atoms with E-state index in [1.165, 1.54) is 0 Å². The van der Waals surface area contributed by atoms with Crippen LogP contribution in [0.1, 0.15) is 27.7 Å². The second-order valence-electron chi connectivity index (χ2n) is 6.04. The highest BCUT2D eigenvalue weighted by molar-refractivity contribution is 6.24. The van der Waals surface area contributed by atoms with Gasteiger partial charge in [0.2, 0.25) is 0 Å². The number of carbonyl (C=O) groups is 1. The molecule has 118 valence electrons. The summed E-state index contributed by atoms with van der Waals surface area (Å²) in [5, 5.41) is 1.01. The number of methoxy groups -OCH3 is 2. The normalized spacial score (nSPS) is 17.2. The maximum absolute atomic E-state index is 12.7. The van der Waals surface area contributed by atoms with E-state index in [9.17, 15) is 4.79 Å². The van der Waals surface area contributed by atoms with Crippen molar-refractivity contribution < 1.29 is 14.3 Å². The maximum Gasteiger partial charge on any atom is 0.188 e. The summed E-state index contributed by atoms with van der Waals surface area (Å²) < 4.78 is 13.5. The molecule has 2 heterocycles. The van der Waals surface area contributed by atoms with Gasteiger partial charge in [-0.1, -0.05) is 30.3 Å². The van der Waals surface area contributed by atoms with Crippen LogP contribution in [-0.2, 0) is 4.74 Å². The van der Waals surface area contributed by atoms with Crippen molar-refractivity contribution >= 4 is 22.8 Å². The molecule has 1 aliphatic carbocycles. The van der Waals surface area contributed by atoms with E-state index >= 15 is 0 Å². The minimum atomic E-state index is -0.302. The van der Waals surface area contributed by atoms with Crippen molar-refractivity contribution in [2.45, 2.75) is 6.23 Å². The Labute approximate surface area is 138 Å². The van der Waals surface area contributed by atoms with Gasteiger partial charge in [-0.3, -0.25) is 4.79 Å². The van der Waals surface area contributed by atoms with Crippen LogP contribution in [0.3, 0.4) is 0 Å². The summed E-state index contributed by atoms with van der Waals surface area (Å²) >= 11 is 0. The lowest BCUT2D eigenvalue weighted by Gasteiger charge is -2.17. The third-order valence-corrected chi connectivity index (χ3v) is 4.97. The smallest absolute Gasteiger partial charge is 0.188 e. The predicted molar refractivity (Wildman–Crippen MR) is 92.4 cm³/mol. The maximum atomic E-state index is 12.7. The molecule has 0 saturated heterocycles. The molecule has 0 amide bonds. The molecular formula is C20H15NO3. The van der Waals surface area contributed by atoms with E-state index in [1.54, 1.807) is 20.3 Å².